The summed E-state index contributed by atoms with van der Waals surface area (Å²) >= 11 is 0. The molecular weight excluding hydrogens is 178 g/mol. The van der Waals surface area contributed by atoms with Crippen molar-refractivity contribution in [2.24, 2.45) is 0 Å². The maximum Gasteiger partial charge on any atom is 0.129 e. The molecule has 1 aromatic heterocycles. The van der Waals surface area contributed by atoms with Gasteiger partial charge in [-0.1, -0.05) is 0 Å². The van der Waals surface area contributed by atoms with Gasteiger partial charge in [0.05, 0.1) is 6.33 Å². The van der Waals surface area contributed by atoms with Crippen LogP contribution in [0.4, 0.5) is 5.82 Å². The molecule has 4 heteroatoms. The Labute approximate surface area is 85.1 Å². The van der Waals surface area contributed by atoms with Crippen molar-refractivity contribution in [1.29, 1.82) is 0 Å². The molecule has 80 valence electrons. The third kappa shape index (κ3) is 1.75. The molecule has 1 rings (SSSR count). The van der Waals surface area contributed by atoms with Crippen molar-refractivity contribution < 1.29 is 4.74 Å². The van der Waals surface area contributed by atoms with E-state index in [-0.39, 0.29) is 0 Å². The second-order valence-corrected chi connectivity index (χ2v) is 4.19. The SMILES string of the molecule is COC(C)(C)c1ncn(C(C)C)c1N. The summed E-state index contributed by atoms with van der Waals surface area (Å²) < 4.78 is 7.28. The van der Waals surface area contributed by atoms with Crippen LogP contribution in [0.15, 0.2) is 6.33 Å². The molecule has 0 aliphatic heterocycles. The highest BCUT2D eigenvalue weighted by Crippen LogP contribution is 2.28. The van der Waals surface area contributed by atoms with E-state index < -0.39 is 5.60 Å². The molecule has 1 heterocycles. The molecule has 0 saturated carbocycles. The number of rotatable bonds is 3. The number of imidazole rings is 1. The number of nitrogens with zero attached hydrogens (tertiary/aromatic N) is 2. The fraction of sp³-hybridized carbons (Fsp3) is 0.700. The molecule has 0 aromatic carbocycles. The Hall–Kier alpha value is -1.03. The first-order valence-electron chi connectivity index (χ1n) is 4.78. The Bertz CT molecular complexity index is 315. The lowest BCUT2D eigenvalue weighted by Crippen LogP contribution is -2.22. The third-order valence-corrected chi connectivity index (χ3v) is 2.47. The van der Waals surface area contributed by atoms with E-state index in [2.05, 4.69) is 18.8 Å². The molecule has 1 aromatic rings. The molecular formula is C10H19N3O. The molecule has 0 aliphatic carbocycles. The maximum atomic E-state index is 5.99. The second kappa shape index (κ2) is 3.61. The molecule has 0 bridgehead atoms. The topological polar surface area (TPSA) is 53.1 Å². The van der Waals surface area contributed by atoms with E-state index in [1.807, 2.05) is 18.4 Å². The van der Waals surface area contributed by atoms with Crippen molar-refractivity contribution >= 4 is 5.82 Å². The quantitative estimate of drug-likeness (QED) is 0.805. The first-order chi connectivity index (χ1) is 6.40. The van der Waals surface area contributed by atoms with Gasteiger partial charge in [-0.25, -0.2) is 4.98 Å². The van der Waals surface area contributed by atoms with Crippen molar-refractivity contribution in [3.63, 3.8) is 0 Å². The summed E-state index contributed by atoms with van der Waals surface area (Å²) in [6.45, 7) is 8.05. The van der Waals surface area contributed by atoms with Crippen LogP contribution >= 0.6 is 0 Å². The highest BCUT2D eigenvalue weighted by atomic mass is 16.5. The van der Waals surface area contributed by atoms with Gasteiger partial charge in [-0.3, -0.25) is 0 Å². The fourth-order valence-corrected chi connectivity index (χ4v) is 1.34. The Morgan fingerprint density at radius 2 is 2.07 bits per heavy atom. The number of anilines is 1. The molecule has 0 amide bonds. The van der Waals surface area contributed by atoms with Gasteiger partial charge in [-0.2, -0.15) is 0 Å². The lowest BCUT2D eigenvalue weighted by atomic mass is 10.1. The molecule has 0 spiro atoms. The summed E-state index contributed by atoms with van der Waals surface area (Å²) in [5.74, 6) is 0.687. The van der Waals surface area contributed by atoms with Gasteiger partial charge in [0.2, 0.25) is 0 Å². The summed E-state index contributed by atoms with van der Waals surface area (Å²) in [6.07, 6.45) is 1.76. The van der Waals surface area contributed by atoms with Crippen LogP contribution in [-0.4, -0.2) is 16.7 Å². The van der Waals surface area contributed by atoms with Crippen molar-refractivity contribution in [2.75, 3.05) is 12.8 Å². The van der Waals surface area contributed by atoms with Crippen LogP contribution in [0, 0.1) is 0 Å². The Balaban J connectivity index is 3.13. The van der Waals surface area contributed by atoms with Crippen LogP contribution in [0.3, 0.4) is 0 Å². The van der Waals surface area contributed by atoms with Crippen LogP contribution in [0.5, 0.6) is 0 Å². The standard InChI is InChI=1S/C10H19N3O/c1-7(2)13-6-12-8(9(13)11)10(3,4)14-5/h6-7H,11H2,1-5H3. The summed E-state index contributed by atoms with van der Waals surface area (Å²) in [5.41, 5.74) is 6.36. The van der Waals surface area contributed by atoms with Crippen LogP contribution in [0.2, 0.25) is 0 Å². The highest BCUT2D eigenvalue weighted by Gasteiger charge is 2.26. The largest absolute Gasteiger partial charge is 0.383 e. The van der Waals surface area contributed by atoms with Gasteiger partial charge < -0.3 is 15.0 Å². The highest BCUT2D eigenvalue weighted by molar-refractivity contribution is 5.39. The predicted molar refractivity (Wildman–Crippen MR) is 57.1 cm³/mol. The number of aromatic nitrogens is 2. The van der Waals surface area contributed by atoms with E-state index in [1.54, 1.807) is 13.4 Å². The van der Waals surface area contributed by atoms with E-state index in [0.717, 1.165) is 5.69 Å². The summed E-state index contributed by atoms with van der Waals surface area (Å²) in [4.78, 5) is 4.29. The van der Waals surface area contributed by atoms with Crippen molar-refractivity contribution in [3.05, 3.63) is 12.0 Å². The normalized spacial score (nSPS) is 12.4. The van der Waals surface area contributed by atoms with Gasteiger partial charge in [-0.15, -0.1) is 0 Å². The van der Waals surface area contributed by atoms with E-state index in [9.17, 15) is 0 Å². The lowest BCUT2D eigenvalue weighted by molar-refractivity contribution is 0.0164. The number of methoxy groups -OCH3 is 1. The summed E-state index contributed by atoms with van der Waals surface area (Å²) in [5, 5.41) is 0. The van der Waals surface area contributed by atoms with Gasteiger partial charge in [-0.05, 0) is 27.7 Å². The van der Waals surface area contributed by atoms with Crippen LogP contribution in [-0.2, 0) is 10.3 Å². The molecule has 0 atom stereocenters. The van der Waals surface area contributed by atoms with E-state index in [4.69, 9.17) is 10.5 Å². The first kappa shape index (κ1) is 11.0. The first-order valence-corrected chi connectivity index (χ1v) is 4.78. The molecule has 14 heavy (non-hydrogen) atoms. The van der Waals surface area contributed by atoms with Gasteiger partial charge in [0, 0.05) is 13.2 Å². The van der Waals surface area contributed by atoms with Crippen molar-refractivity contribution in [1.82, 2.24) is 9.55 Å². The van der Waals surface area contributed by atoms with Gasteiger partial charge >= 0.3 is 0 Å². The van der Waals surface area contributed by atoms with Crippen LogP contribution < -0.4 is 5.73 Å². The van der Waals surface area contributed by atoms with Crippen molar-refractivity contribution in [2.45, 2.75) is 39.3 Å². The monoisotopic (exact) mass is 197 g/mol. The minimum absolute atomic E-state index is 0.323. The summed E-state index contributed by atoms with van der Waals surface area (Å²) in [6, 6.07) is 0.323. The number of ether oxygens (including phenoxy) is 1. The lowest BCUT2D eigenvalue weighted by Gasteiger charge is -2.21. The van der Waals surface area contributed by atoms with E-state index in [0.29, 0.717) is 11.9 Å². The molecule has 0 fully saturated rings. The Kier molecular flexibility index (Phi) is 2.85. The number of hydrogen-bond acceptors (Lipinski definition) is 3. The average Bonchev–Trinajstić information content (AvgIpc) is 2.47. The zero-order valence-electron chi connectivity index (χ0n) is 9.53. The average molecular weight is 197 g/mol. The molecule has 0 saturated heterocycles. The molecule has 0 aliphatic rings. The zero-order valence-corrected chi connectivity index (χ0v) is 9.53. The van der Waals surface area contributed by atoms with Gasteiger partial charge in [0.25, 0.3) is 0 Å². The zero-order chi connectivity index (χ0) is 10.9. The minimum Gasteiger partial charge on any atom is -0.383 e. The Morgan fingerprint density at radius 3 is 2.43 bits per heavy atom. The molecule has 4 nitrogen and oxygen atoms in total. The van der Waals surface area contributed by atoms with Gasteiger partial charge in [0.1, 0.15) is 17.1 Å². The third-order valence-electron chi connectivity index (χ3n) is 2.47. The predicted octanol–water partition coefficient (Wildman–Crippen LogP) is 1.93. The number of hydrogen-bond donors (Lipinski definition) is 1. The van der Waals surface area contributed by atoms with Crippen molar-refractivity contribution in [3.8, 4) is 0 Å². The summed E-state index contributed by atoms with van der Waals surface area (Å²) in [7, 11) is 1.66. The number of nitrogens with two attached hydrogens (primary N) is 1. The van der Waals surface area contributed by atoms with Crippen LogP contribution in [0.1, 0.15) is 39.4 Å². The molecule has 2 N–H and O–H groups in total. The minimum atomic E-state index is -0.426. The fourth-order valence-electron chi connectivity index (χ4n) is 1.34. The second-order valence-electron chi connectivity index (χ2n) is 4.19. The van der Waals surface area contributed by atoms with Crippen LogP contribution in [0.25, 0.3) is 0 Å². The maximum absolute atomic E-state index is 5.99. The number of nitrogen functional groups attached to an aromatic ring is 1. The molecule has 0 radical (unpaired) electrons. The smallest absolute Gasteiger partial charge is 0.129 e. The van der Waals surface area contributed by atoms with E-state index in [1.165, 1.54) is 0 Å². The van der Waals surface area contributed by atoms with Gasteiger partial charge in [0.15, 0.2) is 0 Å². The Morgan fingerprint density at radius 1 is 1.50 bits per heavy atom. The molecule has 0 unspecified atom stereocenters. The van der Waals surface area contributed by atoms with E-state index >= 15 is 0 Å².